The van der Waals surface area contributed by atoms with Crippen molar-refractivity contribution < 1.29 is 9.90 Å². The van der Waals surface area contributed by atoms with E-state index in [1.165, 1.54) is 5.56 Å². The van der Waals surface area contributed by atoms with Gasteiger partial charge < -0.3 is 10.8 Å². The van der Waals surface area contributed by atoms with Crippen molar-refractivity contribution >= 4 is 18.4 Å². The van der Waals surface area contributed by atoms with Crippen LogP contribution in [0.5, 0.6) is 0 Å². The average molecular weight is 292 g/mol. The number of benzene rings is 2. The molecule has 0 unspecified atom stereocenters. The topological polar surface area (TPSA) is 63.3 Å². The Morgan fingerprint density at radius 1 is 1.05 bits per heavy atom. The van der Waals surface area contributed by atoms with E-state index in [4.69, 9.17) is 10.8 Å². The van der Waals surface area contributed by atoms with E-state index in [1.54, 1.807) is 0 Å². The second-order valence-electron chi connectivity index (χ2n) is 4.71. The fourth-order valence-electron chi connectivity index (χ4n) is 1.92. The van der Waals surface area contributed by atoms with E-state index in [2.05, 4.69) is 31.2 Å². The molecular weight excluding hydrogens is 274 g/mol. The number of carboxylic acid groups (broad SMARTS) is 1. The number of halogens is 1. The van der Waals surface area contributed by atoms with Gasteiger partial charge in [-0.15, -0.1) is 12.4 Å². The van der Waals surface area contributed by atoms with Gasteiger partial charge in [-0.1, -0.05) is 54.1 Å². The van der Waals surface area contributed by atoms with Crippen LogP contribution in [0.15, 0.2) is 48.5 Å². The summed E-state index contributed by atoms with van der Waals surface area (Å²) in [6.45, 7) is 2.06. The lowest BCUT2D eigenvalue weighted by Crippen LogP contribution is -2.32. The van der Waals surface area contributed by atoms with E-state index in [0.29, 0.717) is 6.42 Å². The van der Waals surface area contributed by atoms with Crippen LogP contribution in [0.25, 0.3) is 11.1 Å². The van der Waals surface area contributed by atoms with Crippen LogP contribution in [0.4, 0.5) is 0 Å². The standard InChI is InChI=1S/C16H17NO2.ClH/c1-11-2-6-13(7-3-11)14-8-4-12(5-9-14)10-15(17)16(18)19;/h2-9,15H,10,17H2,1H3,(H,18,19);1H/t15-;/m0./s1. The van der Waals surface area contributed by atoms with Crippen molar-refractivity contribution in [2.75, 3.05) is 0 Å². The summed E-state index contributed by atoms with van der Waals surface area (Å²) in [4.78, 5) is 10.7. The molecule has 0 radical (unpaired) electrons. The first-order valence-corrected chi connectivity index (χ1v) is 6.20. The van der Waals surface area contributed by atoms with Crippen LogP contribution in [-0.4, -0.2) is 17.1 Å². The highest BCUT2D eigenvalue weighted by molar-refractivity contribution is 5.85. The molecule has 2 aromatic carbocycles. The molecule has 0 fully saturated rings. The Bertz CT molecular complexity index is 564. The lowest BCUT2D eigenvalue weighted by atomic mass is 10.0. The highest BCUT2D eigenvalue weighted by Gasteiger charge is 2.11. The second-order valence-corrected chi connectivity index (χ2v) is 4.71. The van der Waals surface area contributed by atoms with Gasteiger partial charge in [-0.2, -0.15) is 0 Å². The van der Waals surface area contributed by atoms with Crippen LogP contribution in [0.3, 0.4) is 0 Å². The summed E-state index contributed by atoms with van der Waals surface area (Å²) in [6.07, 6.45) is 0.351. The minimum atomic E-state index is -0.970. The highest BCUT2D eigenvalue weighted by atomic mass is 35.5. The maximum absolute atomic E-state index is 10.7. The molecule has 0 spiro atoms. The summed E-state index contributed by atoms with van der Waals surface area (Å²) >= 11 is 0. The quantitative estimate of drug-likeness (QED) is 0.910. The third-order valence-corrected chi connectivity index (χ3v) is 3.11. The van der Waals surface area contributed by atoms with Gasteiger partial charge in [0, 0.05) is 0 Å². The molecule has 0 amide bonds. The Balaban J connectivity index is 0.00000200. The van der Waals surface area contributed by atoms with Gasteiger partial charge >= 0.3 is 5.97 Å². The monoisotopic (exact) mass is 291 g/mol. The Labute approximate surface area is 124 Å². The van der Waals surface area contributed by atoms with Gasteiger partial charge in [-0.3, -0.25) is 4.79 Å². The average Bonchev–Trinajstić information content (AvgIpc) is 2.40. The van der Waals surface area contributed by atoms with Crippen molar-refractivity contribution in [3.8, 4) is 11.1 Å². The number of nitrogens with two attached hydrogens (primary N) is 1. The fraction of sp³-hybridized carbons (Fsp3) is 0.188. The van der Waals surface area contributed by atoms with Crippen LogP contribution in [0.2, 0.25) is 0 Å². The number of carbonyl (C=O) groups is 1. The summed E-state index contributed by atoms with van der Waals surface area (Å²) < 4.78 is 0. The van der Waals surface area contributed by atoms with E-state index < -0.39 is 12.0 Å². The fourth-order valence-corrected chi connectivity index (χ4v) is 1.92. The van der Waals surface area contributed by atoms with Crippen LogP contribution in [0.1, 0.15) is 11.1 Å². The smallest absolute Gasteiger partial charge is 0.320 e. The third-order valence-electron chi connectivity index (χ3n) is 3.11. The van der Waals surface area contributed by atoms with Crippen LogP contribution in [0, 0.1) is 6.92 Å². The maximum Gasteiger partial charge on any atom is 0.320 e. The maximum atomic E-state index is 10.7. The molecule has 2 aromatic rings. The lowest BCUT2D eigenvalue weighted by molar-refractivity contribution is -0.138. The van der Waals surface area contributed by atoms with Crippen LogP contribution < -0.4 is 5.73 Å². The Hall–Kier alpha value is -1.84. The first kappa shape index (κ1) is 16.2. The number of hydrogen-bond acceptors (Lipinski definition) is 2. The van der Waals surface area contributed by atoms with E-state index in [-0.39, 0.29) is 12.4 Å². The lowest BCUT2D eigenvalue weighted by Gasteiger charge is -2.08. The van der Waals surface area contributed by atoms with Crippen LogP contribution in [-0.2, 0) is 11.2 Å². The molecular formula is C16H18ClNO2. The molecule has 0 heterocycles. The first-order valence-electron chi connectivity index (χ1n) is 6.20. The van der Waals surface area contributed by atoms with Gasteiger partial charge in [-0.25, -0.2) is 0 Å². The number of hydrogen-bond donors (Lipinski definition) is 2. The van der Waals surface area contributed by atoms with E-state index >= 15 is 0 Å². The molecule has 0 bridgehead atoms. The van der Waals surface area contributed by atoms with Gasteiger partial charge in [-0.05, 0) is 30.0 Å². The summed E-state index contributed by atoms with van der Waals surface area (Å²) in [6, 6.07) is 15.3. The first-order chi connectivity index (χ1) is 9.06. The van der Waals surface area contributed by atoms with Gasteiger partial charge in [0.15, 0.2) is 0 Å². The van der Waals surface area contributed by atoms with Crippen molar-refractivity contribution in [3.05, 3.63) is 59.7 Å². The number of rotatable bonds is 4. The van der Waals surface area contributed by atoms with Crippen molar-refractivity contribution in [2.45, 2.75) is 19.4 Å². The minimum Gasteiger partial charge on any atom is -0.480 e. The number of carboxylic acids is 1. The minimum absolute atomic E-state index is 0. The molecule has 3 nitrogen and oxygen atoms in total. The largest absolute Gasteiger partial charge is 0.480 e. The third kappa shape index (κ3) is 4.08. The Kier molecular flexibility index (Phi) is 5.74. The van der Waals surface area contributed by atoms with Crippen LogP contribution >= 0.6 is 12.4 Å². The molecule has 2 rings (SSSR count). The van der Waals surface area contributed by atoms with Gasteiger partial charge in [0.1, 0.15) is 6.04 Å². The second kappa shape index (κ2) is 7.08. The van der Waals surface area contributed by atoms with E-state index in [1.807, 2.05) is 24.3 Å². The molecule has 0 aliphatic rings. The zero-order chi connectivity index (χ0) is 13.8. The van der Waals surface area contributed by atoms with Crippen molar-refractivity contribution in [1.29, 1.82) is 0 Å². The summed E-state index contributed by atoms with van der Waals surface area (Å²) in [5.74, 6) is -0.970. The molecule has 20 heavy (non-hydrogen) atoms. The summed E-state index contributed by atoms with van der Waals surface area (Å²) in [5.41, 5.74) is 9.95. The predicted molar refractivity (Wildman–Crippen MR) is 83.2 cm³/mol. The van der Waals surface area contributed by atoms with Gasteiger partial charge in [0.2, 0.25) is 0 Å². The van der Waals surface area contributed by atoms with Gasteiger partial charge in [0.05, 0.1) is 0 Å². The molecule has 0 saturated carbocycles. The zero-order valence-corrected chi connectivity index (χ0v) is 12.1. The number of aryl methyl sites for hydroxylation is 1. The summed E-state index contributed by atoms with van der Waals surface area (Å²) in [7, 11) is 0. The molecule has 0 aliphatic heterocycles. The molecule has 3 N–H and O–H groups in total. The van der Waals surface area contributed by atoms with E-state index in [9.17, 15) is 4.79 Å². The Morgan fingerprint density at radius 2 is 1.50 bits per heavy atom. The van der Waals surface area contributed by atoms with E-state index in [0.717, 1.165) is 16.7 Å². The molecule has 106 valence electrons. The highest BCUT2D eigenvalue weighted by Crippen LogP contribution is 2.20. The van der Waals surface area contributed by atoms with Crippen molar-refractivity contribution in [2.24, 2.45) is 5.73 Å². The summed E-state index contributed by atoms with van der Waals surface area (Å²) in [5, 5.41) is 8.78. The van der Waals surface area contributed by atoms with Crippen molar-refractivity contribution in [1.82, 2.24) is 0 Å². The molecule has 0 aliphatic carbocycles. The van der Waals surface area contributed by atoms with Crippen molar-refractivity contribution in [3.63, 3.8) is 0 Å². The molecule has 4 heteroatoms. The van der Waals surface area contributed by atoms with Gasteiger partial charge in [0.25, 0.3) is 0 Å². The molecule has 0 saturated heterocycles. The molecule has 1 atom stereocenters. The zero-order valence-electron chi connectivity index (χ0n) is 11.2. The SMILES string of the molecule is Cc1ccc(-c2ccc(C[C@H](N)C(=O)O)cc2)cc1.Cl. The normalized spacial score (nSPS) is 11.5. The molecule has 0 aromatic heterocycles. The number of aliphatic carboxylic acids is 1. The Morgan fingerprint density at radius 3 is 1.95 bits per heavy atom. The predicted octanol–water partition coefficient (Wildman–Crippen LogP) is 3.04.